The maximum Gasteiger partial charge on any atom is 0.294 e. The molecule has 3 amide bonds. The number of rotatable bonds is 6. The quantitative estimate of drug-likeness (QED) is 0.666. The molecule has 0 aliphatic carbocycles. The second kappa shape index (κ2) is 9.02. The monoisotopic (exact) mass is 432 g/mol. The number of amides is 3. The van der Waals surface area contributed by atoms with E-state index in [1.807, 2.05) is 0 Å². The van der Waals surface area contributed by atoms with Gasteiger partial charge in [0.25, 0.3) is 11.1 Å². The SMILES string of the molecule is CCOc1cc(/C=C2/SC(=O)N(CC(=O)Nc3ccccc3Cl)C2=O)ccc1O. The molecule has 0 atom stereocenters. The molecule has 1 heterocycles. The van der Waals surface area contributed by atoms with Gasteiger partial charge in [0.15, 0.2) is 11.5 Å². The van der Waals surface area contributed by atoms with E-state index < -0.39 is 23.6 Å². The lowest BCUT2D eigenvalue weighted by Crippen LogP contribution is -2.36. The Hall–Kier alpha value is -2.97. The number of carbonyl (C=O) groups excluding carboxylic acids is 3. The number of carbonyl (C=O) groups is 3. The fourth-order valence-electron chi connectivity index (χ4n) is 2.58. The molecule has 0 spiro atoms. The zero-order valence-corrected chi connectivity index (χ0v) is 16.9. The van der Waals surface area contributed by atoms with Crippen LogP contribution in [0.25, 0.3) is 6.08 Å². The summed E-state index contributed by atoms with van der Waals surface area (Å²) in [6.45, 7) is 1.73. The number of imide groups is 1. The van der Waals surface area contributed by atoms with Crippen molar-refractivity contribution in [2.75, 3.05) is 18.5 Å². The highest BCUT2D eigenvalue weighted by atomic mass is 35.5. The minimum Gasteiger partial charge on any atom is -0.504 e. The molecule has 0 aromatic heterocycles. The number of ether oxygens (including phenoxy) is 1. The number of phenolic OH excluding ortho intramolecular Hbond substituents is 1. The summed E-state index contributed by atoms with van der Waals surface area (Å²) >= 11 is 6.74. The topological polar surface area (TPSA) is 95.9 Å². The van der Waals surface area contributed by atoms with E-state index in [0.717, 1.165) is 16.7 Å². The number of para-hydroxylation sites is 1. The molecular formula is C20H17ClN2O5S. The fourth-order valence-corrected chi connectivity index (χ4v) is 3.60. The molecule has 2 N–H and O–H groups in total. The largest absolute Gasteiger partial charge is 0.504 e. The van der Waals surface area contributed by atoms with Gasteiger partial charge in [0.2, 0.25) is 5.91 Å². The van der Waals surface area contributed by atoms with Gasteiger partial charge < -0.3 is 15.2 Å². The Kier molecular flexibility index (Phi) is 6.46. The summed E-state index contributed by atoms with van der Waals surface area (Å²) in [5.74, 6) is -0.849. The van der Waals surface area contributed by atoms with E-state index in [1.165, 1.54) is 12.1 Å². The van der Waals surface area contributed by atoms with Crippen molar-refractivity contribution in [2.24, 2.45) is 0 Å². The number of nitrogens with one attached hydrogen (secondary N) is 1. The molecule has 0 unspecified atom stereocenters. The van der Waals surface area contributed by atoms with E-state index in [-0.39, 0.29) is 16.4 Å². The Morgan fingerprint density at radius 1 is 1.28 bits per heavy atom. The van der Waals surface area contributed by atoms with Crippen LogP contribution < -0.4 is 10.1 Å². The Morgan fingerprint density at radius 3 is 2.76 bits per heavy atom. The number of anilines is 1. The predicted octanol–water partition coefficient (Wildman–Crippen LogP) is 4.12. The Morgan fingerprint density at radius 2 is 2.03 bits per heavy atom. The molecule has 0 bridgehead atoms. The van der Waals surface area contributed by atoms with Gasteiger partial charge in [0, 0.05) is 0 Å². The van der Waals surface area contributed by atoms with Crippen LogP contribution in [0, 0.1) is 0 Å². The molecule has 9 heteroatoms. The third kappa shape index (κ3) is 4.90. The summed E-state index contributed by atoms with van der Waals surface area (Å²) in [5, 5.41) is 12.2. The minimum absolute atomic E-state index is 0.0200. The van der Waals surface area contributed by atoms with Gasteiger partial charge >= 0.3 is 0 Å². The summed E-state index contributed by atoms with van der Waals surface area (Å²) in [6.07, 6.45) is 1.51. The number of nitrogens with zero attached hydrogens (tertiary/aromatic N) is 1. The van der Waals surface area contributed by atoms with Crippen molar-refractivity contribution in [3.05, 3.63) is 58.0 Å². The first kappa shape index (κ1) is 20.8. The average molecular weight is 433 g/mol. The van der Waals surface area contributed by atoms with Gasteiger partial charge in [-0.25, -0.2) is 0 Å². The lowest BCUT2D eigenvalue weighted by Gasteiger charge is -2.13. The lowest BCUT2D eigenvalue weighted by molar-refractivity contribution is -0.127. The number of benzene rings is 2. The first-order valence-corrected chi connectivity index (χ1v) is 9.84. The molecule has 0 radical (unpaired) electrons. The number of hydrogen-bond donors (Lipinski definition) is 2. The second-order valence-corrected chi connectivity index (χ2v) is 7.36. The van der Waals surface area contributed by atoms with Crippen LogP contribution in [0.15, 0.2) is 47.4 Å². The molecule has 2 aromatic carbocycles. The Labute approximate surface area is 176 Å². The number of hydrogen-bond acceptors (Lipinski definition) is 6. The van der Waals surface area contributed by atoms with Crippen LogP contribution in [-0.4, -0.2) is 40.2 Å². The summed E-state index contributed by atoms with van der Waals surface area (Å²) in [4.78, 5) is 38.1. The molecule has 2 aromatic rings. The summed E-state index contributed by atoms with van der Waals surface area (Å²) < 4.78 is 5.32. The van der Waals surface area contributed by atoms with E-state index in [9.17, 15) is 19.5 Å². The predicted molar refractivity (Wildman–Crippen MR) is 112 cm³/mol. The van der Waals surface area contributed by atoms with Gasteiger partial charge in [-0.05, 0) is 54.6 Å². The lowest BCUT2D eigenvalue weighted by atomic mass is 10.2. The summed E-state index contributed by atoms with van der Waals surface area (Å²) in [5.41, 5.74) is 0.978. The molecule has 0 saturated carbocycles. The van der Waals surface area contributed by atoms with Gasteiger partial charge in [-0.3, -0.25) is 19.3 Å². The highest BCUT2D eigenvalue weighted by Crippen LogP contribution is 2.34. The molecule has 1 aliphatic heterocycles. The van der Waals surface area contributed by atoms with Crippen LogP contribution in [0.3, 0.4) is 0 Å². The summed E-state index contributed by atoms with van der Waals surface area (Å²) in [7, 11) is 0. The smallest absolute Gasteiger partial charge is 0.294 e. The van der Waals surface area contributed by atoms with Crippen LogP contribution in [0.1, 0.15) is 12.5 Å². The van der Waals surface area contributed by atoms with Crippen molar-refractivity contribution < 1.29 is 24.2 Å². The van der Waals surface area contributed by atoms with Gasteiger partial charge in [0.05, 0.1) is 22.2 Å². The van der Waals surface area contributed by atoms with Crippen LogP contribution in [0.4, 0.5) is 10.5 Å². The number of halogens is 1. The van der Waals surface area contributed by atoms with E-state index in [2.05, 4.69) is 5.32 Å². The first-order chi connectivity index (χ1) is 13.9. The Balaban J connectivity index is 1.72. The van der Waals surface area contributed by atoms with Crippen LogP contribution in [-0.2, 0) is 9.59 Å². The molecule has 3 rings (SSSR count). The maximum atomic E-state index is 12.6. The molecule has 1 saturated heterocycles. The third-order valence-corrected chi connectivity index (χ3v) is 5.14. The molecule has 1 fully saturated rings. The number of aromatic hydroxyl groups is 1. The standard InChI is InChI=1S/C20H17ClN2O5S/c1-2-28-16-9-12(7-8-15(16)24)10-17-19(26)23(20(27)29-17)11-18(25)22-14-6-4-3-5-13(14)21/h3-10,24H,2,11H2,1H3,(H,22,25)/b17-10+. The normalized spacial score (nSPS) is 15.1. The van der Waals surface area contributed by atoms with Crippen LogP contribution in [0.2, 0.25) is 5.02 Å². The minimum atomic E-state index is -0.569. The van der Waals surface area contributed by atoms with E-state index >= 15 is 0 Å². The first-order valence-electron chi connectivity index (χ1n) is 8.64. The Bertz CT molecular complexity index is 1010. The molecule has 150 valence electrons. The van der Waals surface area contributed by atoms with Crippen molar-refractivity contribution in [3.63, 3.8) is 0 Å². The fraction of sp³-hybridized carbons (Fsp3) is 0.150. The molecule has 1 aliphatic rings. The zero-order chi connectivity index (χ0) is 21.0. The van der Waals surface area contributed by atoms with Gasteiger partial charge in [-0.2, -0.15) is 0 Å². The molecule has 7 nitrogen and oxygen atoms in total. The molecular weight excluding hydrogens is 416 g/mol. The van der Waals surface area contributed by atoms with E-state index in [4.69, 9.17) is 16.3 Å². The van der Waals surface area contributed by atoms with Crippen molar-refractivity contribution >= 4 is 52.2 Å². The van der Waals surface area contributed by atoms with Crippen molar-refractivity contribution in [1.29, 1.82) is 0 Å². The van der Waals surface area contributed by atoms with Crippen molar-refractivity contribution in [2.45, 2.75) is 6.92 Å². The van der Waals surface area contributed by atoms with Gasteiger partial charge in [-0.1, -0.05) is 29.8 Å². The van der Waals surface area contributed by atoms with E-state index in [1.54, 1.807) is 43.3 Å². The number of phenols is 1. The third-order valence-electron chi connectivity index (χ3n) is 3.90. The zero-order valence-electron chi connectivity index (χ0n) is 15.3. The van der Waals surface area contributed by atoms with Crippen molar-refractivity contribution in [1.82, 2.24) is 4.90 Å². The van der Waals surface area contributed by atoms with Crippen LogP contribution >= 0.6 is 23.4 Å². The molecule has 29 heavy (non-hydrogen) atoms. The maximum absolute atomic E-state index is 12.6. The summed E-state index contributed by atoms with van der Waals surface area (Å²) in [6, 6.07) is 11.3. The van der Waals surface area contributed by atoms with Crippen molar-refractivity contribution in [3.8, 4) is 11.5 Å². The van der Waals surface area contributed by atoms with Gasteiger partial charge in [-0.15, -0.1) is 0 Å². The highest BCUT2D eigenvalue weighted by molar-refractivity contribution is 8.18. The van der Waals surface area contributed by atoms with Crippen LogP contribution in [0.5, 0.6) is 11.5 Å². The van der Waals surface area contributed by atoms with E-state index in [0.29, 0.717) is 22.9 Å². The van der Waals surface area contributed by atoms with Gasteiger partial charge in [0.1, 0.15) is 6.54 Å². The highest BCUT2D eigenvalue weighted by Gasteiger charge is 2.36. The average Bonchev–Trinajstić information content (AvgIpc) is 2.94. The second-order valence-electron chi connectivity index (χ2n) is 5.96. The number of thioether (sulfide) groups is 1.